The first-order valence-electron chi connectivity index (χ1n) is 8.33. The fraction of sp³-hybridized carbons (Fsp3) is 0.176. The van der Waals surface area contributed by atoms with Crippen molar-refractivity contribution in [2.75, 3.05) is 7.11 Å². The highest BCUT2D eigenvalue weighted by Crippen LogP contribution is 2.35. The minimum absolute atomic E-state index is 0.479. The van der Waals surface area contributed by atoms with Crippen LogP contribution in [-0.2, 0) is 6.54 Å². The molecule has 0 amide bonds. The number of hydrogen-bond donors (Lipinski definition) is 0. The molecule has 0 spiro atoms. The predicted octanol–water partition coefficient (Wildman–Crippen LogP) is 2.22. The van der Waals surface area contributed by atoms with Gasteiger partial charge in [-0.1, -0.05) is 22.5 Å². The van der Waals surface area contributed by atoms with Crippen LogP contribution in [0.5, 0.6) is 5.75 Å². The van der Waals surface area contributed by atoms with Crippen molar-refractivity contribution in [3.8, 4) is 28.7 Å². The largest absolute Gasteiger partial charge is 0.496 e. The first kappa shape index (κ1) is 15.4. The number of benzene rings is 1. The second-order valence-electron chi connectivity index (χ2n) is 5.83. The molecule has 10 nitrogen and oxygen atoms in total. The normalized spacial score (nSPS) is 11.5. The third-order valence-electron chi connectivity index (χ3n) is 4.34. The van der Waals surface area contributed by atoms with E-state index < -0.39 is 0 Å². The molecule has 4 heterocycles. The maximum absolute atomic E-state index is 5.57. The van der Waals surface area contributed by atoms with Gasteiger partial charge in [0.1, 0.15) is 23.4 Å². The minimum atomic E-state index is 0.479. The SMILES string of the molecule is CCn1cc(-c2nn3c(-c4ccon4)nnc3c3cccc(OC)c23)nn1. The van der Waals surface area contributed by atoms with Gasteiger partial charge in [0.05, 0.1) is 18.7 Å². The van der Waals surface area contributed by atoms with E-state index in [1.807, 2.05) is 31.3 Å². The second kappa shape index (κ2) is 5.87. The van der Waals surface area contributed by atoms with Gasteiger partial charge < -0.3 is 9.26 Å². The van der Waals surface area contributed by atoms with Crippen molar-refractivity contribution < 1.29 is 9.26 Å². The van der Waals surface area contributed by atoms with Crippen LogP contribution in [0.25, 0.3) is 39.3 Å². The lowest BCUT2D eigenvalue weighted by Gasteiger charge is -2.09. The van der Waals surface area contributed by atoms with Crippen molar-refractivity contribution in [2.45, 2.75) is 13.5 Å². The van der Waals surface area contributed by atoms with Crippen LogP contribution in [0.4, 0.5) is 0 Å². The Labute approximate surface area is 152 Å². The maximum atomic E-state index is 5.57. The monoisotopic (exact) mass is 362 g/mol. The number of aryl methyl sites for hydroxylation is 1. The Morgan fingerprint density at radius 1 is 1.11 bits per heavy atom. The van der Waals surface area contributed by atoms with Gasteiger partial charge in [0.2, 0.25) is 5.82 Å². The molecule has 1 aromatic carbocycles. The fourth-order valence-electron chi connectivity index (χ4n) is 3.05. The quantitative estimate of drug-likeness (QED) is 0.479. The van der Waals surface area contributed by atoms with E-state index in [2.05, 4.69) is 25.7 Å². The first-order valence-corrected chi connectivity index (χ1v) is 8.33. The van der Waals surface area contributed by atoms with Crippen molar-refractivity contribution in [2.24, 2.45) is 0 Å². The number of ether oxygens (including phenoxy) is 1. The molecule has 0 saturated heterocycles. The number of aromatic nitrogens is 8. The fourth-order valence-corrected chi connectivity index (χ4v) is 3.05. The molecule has 0 aliphatic rings. The van der Waals surface area contributed by atoms with E-state index in [0.717, 1.165) is 10.8 Å². The lowest BCUT2D eigenvalue weighted by Crippen LogP contribution is -2.01. The molecule has 0 radical (unpaired) electrons. The second-order valence-corrected chi connectivity index (χ2v) is 5.83. The van der Waals surface area contributed by atoms with Gasteiger partial charge >= 0.3 is 0 Å². The molecule has 0 aliphatic heterocycles. The zero-order chi connectivity index (χ0) is 18.4. The van der Waals surface area contributed by atoms with Gasteiger partial charge in [-0.3, -0.25) is 4.68 Å². The number of hydrogen-bond acceptors (Lipinski definition) is 8. The zero-order valence-corrected chi connectivity index (χ0v) is 14.6. The third-order valence-corrected chi connectivity index (χ3v) is 4.34. The number of methoxy groups -OCH3 is 1. The summed E-state index contributed by atoms with van der Waals surface area (Å²) in [4.78, 5) is 0. The summed E-state index contributed by atoms with van der Waals surface area (Å²) in [7, 11) is 1.62. The molecule has 5 aromatic rings. The highest BCUT2D eigenvalue weighted by Gasteiger charge is 2.21. The van der Waals surface area contributed by atoms with E-state index in [1.165, 1.54) is 6.26 Å². The van der Waals surface area contributed by atoms with Crippen molar-refractivity contribution in [3.05, 3.63) is 36.7 Å². The Bertz CT molecular complexity index is 1260. The molecule has 27 heavy (non-hydrogen) atoms. The van der Waals surface area contributed by atoms with E-state index in [4.69, 9.17) is 14.4 Å². The van der Waals surface area contributed by atoms with E-state index in [1.54, 1.807) is 22.4 Å². The van der Waals surface area contributed by atoms with Gasteiger partial charge in [-0.25, -0.2) is 0 Å². The number of rotatable bonds is 4. The smallest absolute Gasteiger partial charge is 0.207 e. The van der Waals surface area contributed by atoms with Gasteiger partial charge in [-0.05, 0) is 13.0 Å². The van der Waals surface area contributed by atoms with Crippen LogP contribution in [0.2, 0.25) is 0 Å². The lowest BCUT2D eigenvalue weighted by molar-refractivity contribution is 0.419. The van der Waals surface area contributed by atoms with Crippen molar-refractivity contribution >= 4 is 16.4 Å². The summed E-state index contributed by atoms with van der Waals surface area (Å²) < 4.78 is 13.9. The average Bonchev–Trinajstić information content (AvgIpc) is 3.46. The lowest BCUT2D eigenvalue weighted by atomic mass is 10.1. The van der Waals surface area contributed by atoms with Crippen LogP contribution in [0, 0.1) is 0 Å². The molecule has 0 aliphatic carbocycles. The average molecular weight is 362 g/mol. The molecular formula is C17H14N8O2. The minimum Gasteiger partial charge on any atom is -0.496 e. The molecule has 4 aromatic heterocycles. The highest BCUT2D eigenvalue weighted by atomic mass is 16.5. The third kappa shape index (κ3) is 2.26. The molecule has 5 rings (SSSR count). The molecule has 0 fully saturated rings. The van der Waals surface area contributed by atoms with E-state index in [-0.39, 0.29) is 0 Å². The standard InChI is InChI=1S/C17H14N8O2/c1-3-24-9-12(18-23-24)15-14-10(5-4-6-13(14)26-2)16-19-20-17(25(16)21-15)11-7-8-27-22-11/h4-9H,3H2,1-2H3. The van der Waals surface area contributed by atoms with Gasteiger partial charge in [0, 0.05) is 18.0 Å². The van der Waals surface area contributed by atoms with Crippen LogP contribution in [-0.4, -0.2) is 47.1 Å². The Balaban J connectivity index is 1.90. The summed E-state index contributed by atoms with van der Waals surface area (Å²) >= 11 is 0. The Morgan fingerprint density at radius 3 is 2.78 bits per heavy atom. The van der Waals surface area contributed by atoms with Crippen LogP contribution >= 0.6 is 0 Å². The summed E-state index contributed by atoms with van der Waals surface area (Å²) in [5.74, 6) is 1.15. The van der Waals surface area contributed by atoms with E-state index >= 15 is 0 Å². The zero-order valence-electron chi connectivity index (χ0n) is 14.6. The molecule has 134 valence electrons. The molecule has 0 unspecified atom stereocenters. The summed E-state index contributed by atoms with van der Waals surface area (Å²) in [5, 5.41) is 27.3. The highest BCUT2D eigenvalue weighted by molar-refractivity contribution is 6.04. The van der Waals surface area contributed by atoms with Crippen molar-refractivity contribution in [3.63, 3.8) is 0 Å². The van der Waals surface area contributed by atoms with Crippen LogP contribution in [0.1, 0.15) is 6.92 Å². The summed E-state index contributed by atoms with van der Waals surface area (Å²) in [6.07, 6.45) is 3.33. The van der Waals surface area contributed by atoms with Crippen LogP contribution in [0.15, 0.2) is 41.2 Å². The Kier molecular flexibility index (Phi) is 3.35. The number of nitrogens with zero attached hydrogens (tertiary/aromatic N) is 8. The Hall–Kier alpha value is -3.82. The molecule has 0 N–H and O–H groups in total. The van der Waals surface area contributed by atoms with Gasteiger partial charge in [0.15, 0.2) is 11.3 Å². The predicted molar refractivity (Wildman–Crippen MR) is 95.0 cm³/mol. The topological polar surface area (TPSA) is 109 Å². The maximum Gasteiger partial charge on any atom is 0.207 e. The van der Waals surface area contributed by atoms with Crippen LogP contribution < -0.4 is 4.74 Å². The molecule has 0 saturated carbocycles. The van der Waals surface area contributed by atoms with Gasteiger partial charge in [-0.15, -0.1) is 15.3 Å². The molecule has 10 heteroatoms. The summed E-state index contributed by atoms with van der Waals surface area (Å²) in [6, 6.07) is 7.44. The first-order chi connectivity index (χ1) is 13.3. The summed E-state index contributed by atoms with van der Waals surface area (Å²) in [5.41, 5.74) is 2.39. The Morgan fingerprint density at radius 2 is 2.04 bits per heavy atom. The van der Waals surface area contributed by atoms with Crippen LogP contribution in [0.3, 0.4) is 0 Å². The van der Waals surface area contributed by atoms with E-state index in [9.17, 15) is 0 Å². The van der Waals surface area contributed by atoms with Crippen molar-refractivity contribution in [1.29, 1.82) is 0 Å². The number of fused-ring (bicyclic) bond motifs is 3. The molecule has 0 bridgehead atoms. The van der Waals surface area contributed by atoms with Crippen molar-refractivity contribution in [1.82, 2.24) is 40.0 Å². The summed E-state index contributed by atoms with van der Waals surface area (Å²) in [6.45, 7) is 2.71. The van der Waals surface area contributed by atoms with E-state index in [0.29, 0.717) is 40.8 Å². The molecule has 0 atom stereocenters. The van der Waals surface area contributed by atoms with Gasteiger partial charge in [0.25, 0.3) is 0 Å². The van der Waals surface area contributed by atoms with Gasteiger partial charge in [-0.2, -0.15) is 9.61 Å². The molecular weight excluding hydrogens is 348 g/mol.